The fraction of sp³-hybridized carbons (Fsp3) is 0.400. The van der Waals surface area contributed by atoms with E-state index in [2.05, 4.69) is 10.3 Å². The van der Waals surface area contributed by atoms with Crippen LogP contribution in [0, 0.1) is 5.92 Å². The van der Waals surface area contributed by atoms with Crippen molar-refractivity contribution in [3.05, 3.63) is 48.3 Å². The third kappa shape index (κ3) is 9.52. The lowest BCUT2D eigenvalue weighted by atomic mass is 10.1. The van der Waals surface area contributed by atoms with Crippen LogP contribution < -0.4 is 11.1 Å². The molecule has 2 rings (SSSR count). The Kier molecular flexibility index (Phi) is 10.1. The Morgan fingerprint density at radius 3 is 2.28 bits per heavy atom. The maximum Gasteiger partial charge on any atom is 0.326 e. The fourth-order valence-corrected chi connectivity index (χ4v) is 2.42. The molecule has 0 spiro atoms. The first-order valence-corrected chi connectivity index (χ1v) is 9.21. The Bertz CT molecular complexity index is 734. The van der Waals surface area contributed by atoms with E-state index in [0.717, 1.165) is 5.56 Å². The number of carboxylic acids is 2. The van der Waals surface area contributed by atoms with Gasteiger partial charge in [-0.3, -0.25) is 14.7 Å². The van der Waals surface area contributed by atoms with Crippen LogP contribution in [0.4, 0.5) is 4.79 Å². The number of nitrogens with zero attached hydrogens (tertiary/aromatic N) is 2. The summed E-state index contributed by atoms with van der Waals surface area (Å²) in [5.74, 6) is -1.61. The number of nitrogens with two attached hydrogens (primary N) is 1. The Hall–Kier alpha value is -3.20. The molecule has 1 aromatic carbocycles. The number of rotatable bonds is 7. The maximum absolute atomic E-state index is 11.9. The molecule has 0 unspecified atom stereocenters. The van der Waals surface area contributed by atoms with Gasteiger partial charge in [-0.2, -0.15) is 0 Å². The predicted molar refractivity (Wildman–Crippen MR) is 110 cm³/mol. The Balaban J connectivity index is 0.000000396. The minimum absolute atomic E-state index is 0.244. The van der Waals surface area contributed by atoms with Gasteiger partial charge in [-0.25, -0.2) is 9.59 Å². The molecule has 1 aromatic rings. The monoisotopic (exact) mass is 404 g/mol. The zero-order valence-electron chi connectivity index (χ0n) is 16.6. The van der Waals surface area contributed by atoms with Crippen LogP contribution in [-0.4, -0.2) is 57.9 Å². The molecule has 0 aromatic heterocycles. The van der Waals surface area contributed by atoms with Crippen LogP contribution in [0.3, 0.4) is 0 Å². The largest absolute Gasteiger partial charge is 0.480 e. The van der Waals surface area contributed by atoms with E-state index in [4.69, 9.17) is 10.8 Å². The van der Waals surface area contributed by atoms with Crippen molar-refractivity contribution in [1.29, 1.82) is 0 Å². The molecule has 1 heterocycles. The van der Waals surface area contributed by atoms with E-state index in [1.54, 1.807) is 6.21 Å². The molecular weight excluding hydrogens is 376 g/mol. The molecule has 0 fully saturated rings. The first-order chi connectivity index (χ1) is 13.7. The van der Waals surface area contributed by atoms with Crippen molar-refractivity contribution < 1.29 is 24.6 Å². The third-order valence-electron chi connectivity index (χ3n) is 3.90. The molecule has 5 N–H and O–H groups in total. The topological polar surface area (TPSA) is 145 Å². The summed E-state index contributed by atoms with van der Waals surface area (Å²) >= 11 is 0. The molecule has 0 saturated heterocycles. The van der Waals surface area contributed by atoms with Gasteiger partial charge >= 0.3 is 18.0 Å². The Labute approximate surface area is 169 Å². The van der Waals surface area contributed by atoms with Gasteiger partial charge in [0, 0.05) is 25.0 Å². The average molecular weight is 404 g/mol. The number of carbonyl (C=O) groups excluding carboxylic acids is 1. The summed E-state index contributed by atoms with van der Waals surface area (Å²) in [5, 5.41) is 20.0. The number of carboxylic acid groups (broad SMARTS) is 2. The number of amides is 2. The number of urea groups is 1. The molecule has 0 aliphatic carbocycles. The average Bonchev–Trinajstić information content (AvgIpc) is 2.68. The molecule has 2 amide bonds. The second kappa shape index (κ2) is 12.3. The molecule has 9 heteroatoms. The van der Waals surface area contributed by atoms with Crippen molar-refractivity contribution in [3.8, 4) is 0 Å². The van der Waals surface area contributed by atoms with Crippen molar-refractivity contribution in [2.24, 2.45) is 16.6 Å². The quantitative estimate of drug-likeness (QED) is 0.544. The molecule has 1 aliphatic rings. The van der Waals surface area contributed by atoms with Gasteiger partial charge in [0.2, 0.25) is 0 Å². The van der Waals surface area contributed by atoms with Crippen LogP contribution in [0.15, 0.2) is 47.7 Å². The highest BCUT2D eigenvalue weighted by molar-refractivity contribution is 5.85. The van der Waals surface area contributed by atoms with Gasteiger partial charge in [-0.15, -0.1) is 0 Å². The van der Waals surface area contributed by atoms with E-state index >= 15 is 0 Å². The van der Waals surface area contributed by atoms with Crippen LogP contribution in [0.25, 0.3) is 0 Å². The fourth-order valence-electron chi connectivity index (χ4n) is 2.42. The summed E-state index contributed by atoms with van der Waals surface area (Å²) in [6.45, 7) is 4.23. The minimum atomic E-state index is -1.06. The Morgan fingerprint density at radius 2 is 1.83 bits per heavy atom. The number of nitrogens with one attached hydrogen (secondary N) is 1. The van der Waals surface area contributed by atoms with Crippen LogP contribution >= 0.6 is 0 Å². The molecule has 0 saturated carbocycles. The summed E-state index contributed by atoms with van der Waals surface area (Å²) in [4.78, 5) is 38.5. The highest BCUT2D eigenvalue weighted by Gasteiger charge is 2.22. The SMILES string of the molecule is CC(C)C[C@H](N)C(=O)O.O=C(O)[C@H](Cc1ccccc1)NC(=O)N1C=CN=CC1. The van der Waals surface area contributed by atoms with Crippen LogP contribution in [-0.2, 0) is 16.0 Å². The van der Waals surface area contributed by atoms with Crippen molar-refractivity contribution in [1.82, 2.24) is 10.2 Å². The van der Waals surface area contributed by atoms with E-state index in [1.165, 1.54) is 17.3 Å². The van der Waals surface area contributed by atoms with E-state index in [0.29, 0.717) is 18.9 Å². The zero-order valence-corrected chi connectivity index (χ0v) is 16.6. The van der Waals surface area contributed by atoms with Gasteiger partial charge in [-0.05, 0) is 17.9 Å². The number of hydrogen-bond acceptors (Lipinski definition) is 5. The van der Waals surface area contributed by atoms with Crippen LogP contribution in [0.2, 0.25) is 0 Å². The molecule has 29 heavy (non-hydrogen) atoms. The minimum Gasteiger partial charge on any atom is -0.480 e. The standard InChI is InChI=1S/C14H15N3O3.C6H13NO2/c18-13(19)12(10-11-4-2-1-3-5-11)16-14(20)17-8-6-15-7-9-17;1-4(2)3-5(7)6(8)9/h1-8,12H,9-10H2,(H,16,20)(H,18,19);4-5H,3,7H2,1-2H3,(H,8,9)/t12-;5-/m00/s1. The van der Waals surface area contributed by atoms with Gasteiger partial charge in [0.15, 0.2) is 0 Å². The first-order valence-electron chi connectivity index (χ1n) is 9.21. The number of aliphatic imine (C=N–C) groups is 1. The van der Waals surface area contributed by atoms with E-state index in [9.17, 15) is 19.5 Å². The number of carbonyl (C=O) groups is 3. The molecule has 0 bridgehead atoms. The predicted octanol–water partition coefficient (Wildman–Crippen LogP) is 1.69. The summed E-state index contributed by atoms with van der Waals surface area (Å²) in [6.07, 6.45) is 5.36. The van der Waals surface area contributed by atoms with E-state index < -0.39 is 30.1 Å². The lowest BCUT2D eigenvalue weighted by Gasteiger charge is -2.21. The van der Waals surface area contributed by atoms with Gasteiger partial charge in [0.25, 0.3) is 0 Å². The number of aliphatic carboxylic acids is 2. The van der Waals surface area contributed by atoms with Gasteiger partial charge in [-0.1, -0.05) is 44.2 Å². The first kappa shape index (κ1) is 23.8. The van der Waals surface area contributed by atoms with Crippen LogP contribution in [0.5, 0.6) is 0 Å². The molecule has 158 valence electrons. The molecule has 1 aliphatic heterocycles. The normalized spacial score (nSPS) is 14.6. The maximum atomic E-state index is 11.9. The summed E-state index contributed by atoms with van der Waals surface area (Å²) in [7, 11) is 0. The van der Waals surface area contributed by atoms with Crippen LogP contribution in [0.1, 0.15) is 25.8 Å². The van der Waals surface area contributed by atoms with Crippen molar-refractivity contribution in [3.63, 3.8) is 0 Å². The highest BCUT2D eigenvalue weighted by atomic mass is 16.4. The number of hydrogen-bond donors (Lipinski definition) is 4. The lowest BCUT2D eigenvalue weighted by molar-refractivity contribution is -0.140. The molecule has 9 nitrogen and oxygen atoms in total. The van der Waals surface area contributed by atoms with Crippen molar-refractivity contribution in [2.45, 2.75) is 38.8 Å². The second-order valence-electron chi connectivity index (χ2n) is 6.89. The summed E-state index contributed by atoms with van der Waals surface area (Å²) < 4.78 is 0. The zero-order chi connectivity index (χ0) is 21.8. The summed E-state index contributed by atoms with van der Waals surface area (Å²) in [6, 6.07) is 7.08. The van der Waals surface area contributed by atoms with Gasteiger partial charge in [0.05, 0.1) is 6.54 Å². The highest BCUT2D eigenvalue weighted by Crippen LogP contribution is 2.05. The van der Waals surface area contributed by atoms with Gasteiger partial charge < -0.3 is 21.3 Å². The van der Waals surface area contributed by atoms with Gasteiger partial charge in [0.1, 0.15) is 12.1 Å². The third-order valence-corrected chi connectivity index (χ3v) is 3.90. The summed E-state index contributed by atoms with van der Waals surface area (Å²) in [5.41, 5.74) is 6.08. The number of benzene rings is 1. The lowest BCUT2D eigenvalue weighted by Crippen LogP contribution is -2.48. The molecule has 0 radical (unpaired) electrons. The smallest absolute Gasteiger partial charge is 0.326 e. The van der Waals surface area contributed by atoms with E-state index in [-0.39, 0.29) is 6.42 Å². The molecule has 2 atom stereocenters. The Morgan fingerprint density at radius 1 is 1.17 bits per heavy atom. The van der Waals surface area contributed by atoms with E-state index in [1.807, 2.05) is 44.2 Å². The molecular formula is C20H28N4O5. The van der Waals surface area contributed by atoms with Crippen molar-refractivity contribution >= 4 is 24.2 Å². The second-order valence-corrected chi connectivity index (χ2v) is 6.89. The van der Waals surface area contributed by atoms with Crippen molar-refractivity contribution in [2.75, 3.05) is 6.54 Å².